The first-order valence-electron chi connectivity index (χ1n) is 9.16. The highest BCUT2D eigenvalue weighted by Crippen LogP contribution is 2.28. The molecule has 9 heteroatoms. The fraction of sp³-hybridized carbons (Fsp3) is 0.250. The van der Waals surface area contributed by atoms with Crippen LogP contribution in [0, 0.1) is 0 Å². The van der Waals surface area contributed by atoms with Crippen LogP contribution in [0.2, 0.25) is 0 Å². The molecule has 3 heterocycles. The molecule has 0 spiro atoms. The smallest absolute Gasteiger partial charge is 0.268 e. The monoisotopic (exact) mass is 394 g/mol. The van der Waals surface area contributed by atoms with Crippen LogP contribution in [-0.4, -0.2) is 39.6 Å². The van der Waals surface area contributed by atoms with Crippen LogP contribution in [0.15, 0.2) is 41.3 Å². The number of fused-ring (bicyclic) bond motifs is 1. The van der Waals surface area contributed by atoms with Crippen molar-refractivity contribution in [3.8, 4) is 0 Å². The van der Waals surface area contributed by atoms with Gasteiger partial charge in [0.1, 0.15) is 11.7 Å². The highest BCUT2D eigenvalue weighted by atomic mass is 16.2. The summed E-state index contributed by atoms with van der Waals surface area (Å²) in [5.74, 6) is -1.48. The number of aromatic amines is 1. The number of benzene rings is 1. The molecule has 2 aromatic rings. The first kappa shape index (κ1) is 18.6. The largest absolute Gasteiger partial charge is 0.357 e. The number of hydrogen-bond acceptors (Lipinski definition) is 5. The Morgan fingerprint density at radius 1 is 1.14 bits per heavy atom. The van der Waals surface area contributed by atoms with E-state index in [1.54, 1.807) is 18.2 Å². The van der Waals surface area contributed by atoms with E-state index in [0.717, 1.165) is 5.56 Å². The quantitative estimate of drug-likeness (QED) is 0.632. The molecule has 29 heavy (non-hydrogen) atoms. The fourth-order valence-corrected chi connectivity index (χ4v) is 3.57. The van der Waals surface area contributed by atoms with Crippen LogP contribution in [0.25, 0.3) is 0 Å². The van der Waals surface area contributed by atoms with Crippen LogP contribution >= 0.6 is 0 Å². The van der Waals surface area contributed by atoms with E-state index in [9.17, 15) is 24.0 Å². The van der Waals surface area contributed by atoms with Gasteiger partial charge in [0.2, 0.25) is 11.8 Å². The maximum absolute atomic E-state index is 12.8. The molecule has 1 fully saturated rings. The molecule has 4 amide bonds. The van der Waals surface area contributed by atoms with Gasteiger partial charge in [0, 0.05) is 43.4 Å². The third-order valence-electron chi connectivity index (χ3n) is 5.06. The summed E-state index contributed by atoms with van der Waals surface area (Å²) >= 11 is 0. The minimum Gasteiger partial charge on any atom is -0.357 e. The first-order chi connectivity index (χ1) is 13.9. The standard InChI is InChI=1S/C20H18N4O5/c25-13-5-6-21-15(8-13)18(27)22-9-11-1-2-12-10-24(20(29)14(12)7-11)16-3-4-17(26)23-19(16)28/h1-2,5-8,16H,3-4,9-10H2,(H,21,25)(H,22,27)(H,23,26,28). The number of amides is 4. The highest BCUT2D eigenvalue weighted by molar-refractivity contribution is 6.05. The summed E-state index contributed by atoms with van der Waals surface area (Å²) in [6, 6.07) is 7.15. The minimum atomic E-state index is -0.661. The van der Waals surface area contributed by atoms with Gasteiger partial charge in [-0.25, -0.2) is 0 Å². The minimum absolute atomic E-state index is 0.152. The molecule has 1 unspecified atom stereocenters. The summed E-state index contributed by atoms with van der Waals surface area (Å²) in [5, 5.41) is 4.97. The number of aromatic nitrogens is 1. The Hall–Kier alpha value is -3.75. The number of H-pyrrole nitrogens is 1. The summed E-state index contributed by atoms with van der Waals surface area (Å²) in [7, 11) is 0. The van der Waals surface area contributed by atoms with Crippen molar-refractivity contribution in [2.24, 2.45) is 0 Å². The lowest BCUT2D eigenvalue weighted by molar-refractivity contribution is -0.136. The molecule has 2 aliphatic rings. The number of piperidine rings is 1. The van der Waals surface area contributed by atoms with Gasteiger partial charge in [-0.3, -0.25) is 29.3 Å². The lowest BCUT2D eigenvalue weighted by Crippen LogP contribution is -2.52. The average molecular weight is 394 g/mol. The maximum atomic E-state index is 12.8. The van der Waals surface area contributed by atoms with Crippen LogP contribution in [0.4, 0.5) is 0 Å². The molecule has 0 aliphatic carbocycles. The predicted octanol–water partition coefficient (Wildman–Crippen LogP) is 0.0659. The molecule has 0 bridgehead atoms. The zero-order chi connectivity index (χ0) is 20.5. The summed E-state index contributed by atoms with van der Waals surface area (Å²) < 4.78 is 0. The Kier molecular flexibility index (Phi) is 4.71. The van der Waals surface area contributed by atoms with Gasteiger partial charge in [-0.05, 0) is 23.6 Å². The van der Waals surface area contributed by atoms with Crippen molar-refractivity contribution in [3.05, 3.63) is 69.1 Å². The molecule has 148 valence electrons. The topological polar surface area (TPSA) is 128 Å². The number of carbonyl (C=O) groups excluding carboxylic acids is 4. The van der Waals surface area contributed by atoms with Crippen molar-refractivity contribution in [3.63, 3.8) is 0 Å². The average Bonchev–Trinajstić information content (AvgIpc) is 3.02. The van der Waals surface area contributed by atoms with E-state index in [1.165, 1.54) is 23.2 Å². The Bertz CT molecular complexity index is 1090. The second-order valence-electron chi connectivity index (χ2n) is 7.01. The molecule has 9 nitrogen and oxygen atoms in total. The second-order valence-corrected chi connectivity index (χ2v) is 7.01. The first-order valence-corrected chi connectivity index (χ1v) is 9.16. The van der Waals surface area contributed by atoms with Crippen molar-refractivity contribution in [1.29, 1.82) is 0 Å². The molecule has 1 atom stereocenters. The molecular formula is C20H18N4O5. The highest BCUT2D eigenvalue weighted by Gasteiger charge is 2.39. The van der Waals surface area contributed by atoms with Gasteiger partial charge in [0.05, 0.1) is 0 Å². The van der Waals surface area contributed by atoms with Gasteiger partial charge >= 0.3 is 0 Å². The van der Waals surface area contributed by atoms with Crippen LogP contribution in [0.3, 0.4) is 0 Å². The molecule has 3 N–H and O–H groups in total. The lowest BCUT2D eigenvalue weighted by Gasteiger charge is -2.29. The number of hydrogen-bond donors (Lipinski definition) is 3. The van der Waals surface area contributed by atoms with E-state index >= 15 is 0 Å². The second kappa shape index (κ2) is 7.34. The third-order valence-corrected chi connectivity index (χ3v) is 5.06. The Labute approximate surface area is 165 Å². The summed E-state index contributed by atoms with van der Waals surface area (Å²) in [5.41, 5.74) is 1.87. The Morgan fingerprint density at radius 2 is 1.97 bits per heavy atom. The predicted molar refractivity (Wildman–Crippen MR) is 101 cm³/mol. The van der Waals surface area contributed by atoms with Crippen LogP contribution < -0.4 is 16.1 Å². The van der Waals surface area contributed by atoms with E-state index < -0.39 is 17.9 Å². The normalized spacial score (nSPS) is 18.4. The van der Waals surface area contributed by atoms with E-state index in [0.29, 0.717) is 24.1 Å². The van der Waals surface area contributed by atoms with Gasteiger partial charge in [0.15, 0.2) is 5.43 Å². The Morgan fingerprint density at radius 3 is 2.72 bits per heavy atom. The molecule has 0 saturated carbocycles. The number of rotatable bonds is 4. The van der Waals surface area contributed by atoms with Gasteiger partial charge in [-0.1, -0.05) is 12.1 Å². The van der Waals surface area contributed by atoms with Crippen molar-refractivity contribution < 1.29 is 19.2 Å². The van der Waals surface area contributed by atoms with Crippen LogP contribution in [-0.2, 0) is 22.7 Å². The Balaban J connectivity index is 1.45. The molecular weight excluding hydrogens is 376 g/mol. The number of pyridine rings is 1. The molecule has 1 saturated heterocycles. The lowest BCUT2D eigenvalue weighted by atomic mass is 10.0. The van der Waals surface area contributed by atoms with E-state index in [2.05, 4.69) is 15.6 Å². The zero-order valence-corrected chi connectivity index (χ0v) is 15.4. The van der Waals surface area contributed by atoms with Crippen molar-refractivity contribution in [2.75, 3.05) is 0 Å². The van der Waals surface area contributed by atoms with E-state index in [1.807, 2.05) is 0 Å². The summed E-state index contributed by atoms with van der Waals surface area (Å²) in [6.07, 6.45) is 1.91. The molecule has 4 rings (SSSR count). The molecule has 1 aromatic carbocycles. The van der Waals surface area contributed by atoms with Crippen molar-refractivity contribution in [2.45, 2.75) is 32.0 Å². The van der Waals surface area contributed by atoms with Crippen molar-refractivity contribution >= 4 is 23.6 Å². The number of nitrogens with zero attached hydrogens (tertiary/aromatic N) is 1. The fourth-order valence-electron chi connectivity index (χ4n) is 3.57. The van der Waals surface area contributed by atoms with Gasteiger partial charge in [-0.2, -0.15) is 0 Å². The molecule has 0 radical (unpaired) electrons. The summed E-state index contributed by atoms with van der Waals surface area (Å²) in [6.45, 7) is 0.479. The van der Waals surface area contributed by atoms with Crippen molar-refractivity contribution in [1.82, 2.24) is 20.5 Å². The third kappa shape index (κ3) is 3.66. The van der Waals surface area contributed by atoms with Gasteiger partial charge in [0.25, 0.3) is 11.8 Å². The van der Waals surface area contributed by atoms with E-state index in [4.69, 9.17) is 0 Å². The zero-order valence-electron chi connectivity index (χ0n) is 15.4. The van der Waals surface area contributed by atoms with Crippen LogP contribution in [0.5, 0.6) is 0 Å². The van der Waals surface area contributed by atoms with Gasteiger partial charge in [-0.15, -0.1) is 0 Å². The SMILES string of the molecule is O=C1CCC(N2Cc3ccc(CNC(=O)c4cc(=O)cc[nH]4)cc3C2=O)C(=O)N1. The summed E-state index contributed by atoms with van der Waals surface area (Å²) in [4.78, 5) is 63.9. The number of imide groups is 1. The molecule has 1 aromatic heterocycles. The number of nitrogens with one attached hydrogen (secondary N) is 3. The van der Waals surface area contributed by atoms with E-state index in [-0.39, 0.29) is 35.9 Å². The van der Waals surface area contributed by atoms with Gasteiger partial charge < -0.3 is 15.2 Å². The maximum Gasteiger partial charge on any atom is 0.268 e. The van der Waals surface area contributed by atoms with Crippen LogP contribution in [0.1, 0.15) is 44.8 Å². The number of carbonyl (C=O) groups is 4. The molecule has 2 aliphatic heterocycles.